The fourth-order valence-corrected chi connectivity index (χ4v) is 3.18. The Morgan fingerprint density at radius 1 is 1.00 bits per heavy atom. The zero-order valence-electron chi connectivity index (χ0n) is 15.1. The highest BCUT2D eigenvalue weighted by Gasteiger charge is 2.40. The zero-order chi connectivity index (χ0) is 19.6. The minimum absolute atomic E-state index is 0.0255. The van der Waals surface area contributed by atoms with Crippen molar-refractivity contribution >= 4 is 34.8 Å². The van der Waals surface area contributed by atoms with Gasteiger partial charge in [0.05, 0.1) is 38.5 Å². The molecular formula is C19H19ClN2O5. The molecule has 2 aromatic carbocycles. The van der Waals surface area contributed by atoms with Crippen molar-refractivity contribution in [2.24, 2.45) is 0 Å². The number of carbonyl (C=O) groups excluding carboxylic acids is 2. The number of carbonyl (C=O) groups is 2. The molecule has 27 heavy (non-hydrogen) atoms. The third-order valence-electron chi connectivity index (χ3n) is 4.27. The molecule has 142 valence electrons. The molecule has 1 N–H and O–H groups in total. The fraction of sp³-hybridized carbons (Fsp3) is 0.263. The normalized spacial score (nSPS) is 16.4. The average molecular weight is 391 g/mol. The first-order valence-electron chi connectivity index (χ1n) is 8.17. The van der Waals surface area contributed by atoms with Crippen molar-refractivity contribution in [3.63, 3.8) is 0 Å². The molecule has 1 saturated heterocycles. The zero-order valence-corrected chi connectivity index (χ0v) is 15.9. The molecule has 0 spiro atoms. The molecule has 3 rings (SSSR count). The maximum atomic E-state index is 12.8. The quantitative estimate of drug-likeness (QED) is 0.764. The monoisotopic (exact) mass is 390 g/mol. The summed E-state index contributed by atoms with van der Waals surface area (Å²) >= 11 is 6.12. The number of nitrogens with zero attached hydrogens (tertiary/aromatic N) is 1. The molecule has 1 fully saturated rings. The Morgan fingerprint density at radius 2 is 1.74 bits per heavy atom. The van der Waals surface area contributed by atoms with E-state index in [2.05, 4.69) is 5.32 Å². The number of halogens is 1. The third-order valence-corrected chi connectivity index (χ3v) is 4.56. The molecule has 1 aliphatic heterocycles. The second-order valence-corrected chi connectivity index (χ2v) is 6.26. The van der Waals surface area contributed by atoms with Crippen LogP contribution in [0.1, 0.15) is 6.42 Å². The van der Waals surface area contributed by atoms with E-state index >= 15 is 0 Å². The molecule has 0 bridgehead atoms. The Morgan fingerprint density at radius 3 is 2.37 bits per heavy atom. The number of benzene rings is 2. The van der Waals surface area contributed by atoms with E-state index in [-0.39, 0.29) is 18.2 Å². The summed E-state index contributed by atoms with van der Waals surface area (Å²) in [5.41, 5.74) is 1.00. The van der Waals surface area contributed by atoms with Crippen molar-refractivity contribution < 1.29 is 23.8 Å². The molecule has 0 saturated carbocycles. The van der Waals surface area contributed by atoms with Crippen LogP contribution in [0.4, 0.5) is 11.4 Å². The van der Waals surface area contributed by atoms with E-state index in [0.29, 0.717) is 33.6 Å². The number of imide groups is 1. The Bertz CT molecular complexity index is 886. The summed E-state index contributed by atoms with van der Waals surface area (Å²) in [7, 11) is 4.52. The van der Waals surface area contributed by atoms with Gasteiger partial charge in [0.15, 0.2) is 0 Å². The van der Waals surface area contributed by atoms with Gasteiger partial charge in [0.2, 0.25) is 5.91 Å². The van der Waals surface area contributed by atoms with Crippen LogP contribution in [0.25, 0.3) is 0 Å². The van der Waals surface area contributed by atoms with Crippen LogP contribution in [-0.4, -0.2) is 39.2 Å². The molecule has 0 aliphatic carbocycles. The summed E-state index contributed by atoms with van der Waals surface area (Å²) in [6, 6.07) is 9.29. The summed E-state index contributed by atoms with van der Waals surface area (Å²) in [5.74, 6) is 0.790. The van der Waals surface area contributed by atoms with Crippen LogP contribution in [0, 0.1) is 0 Å². The molecule has 2 amide bonds. The SMILES string of the molecule is COc1ccc(N2C(=O)C[C@@H](Nc3ccc(OC)c(Cl)c3)C2=O)c(OC)c1. The van der Waals surface area contributed by atoms with Crippen LogP contribution >= 0.6 is 11.6 Å². The molecular weight excluding hydrogens is 372 g/mol. The minimum atomic E-state index is -0.700. The smallest absolute Gasteiger partial charge is 0.256 e. The number of hydrogen-bond donors (Lipinski definition) is 1. The third kappa shape index (κ3) is 3.64. The van der Waals surface area contributed by atoms with Gasteiger partial charge < -0.3 is 19.5 Å². The largest absolute Gasteiger partial charge is 0.497 e. The maximum absolute atomic E-state index is 12.8. The number of ether oxygens (including phenoxy) is 3. The first kappa shape index (κ1) is 18.8. The Kier molecular flexibility index (Phi) is 5.41. The minimum Gasteiger partial charge on any atom is -0.497 e. The average Bonchev–Trinajstić information content (AvgIpc) is 2.94. The van der Waals surface area contributed by atoms with Crippen molar-refractivity contribution in [2.45, 2.75) is 12.5 Å². The predicted octanol–water partition coefficient (Wildman–Crippen LogP) is 3.11. The van der Waals surface area contributed by atoms with Crippen molar-refractivity contribution in [1.29, 1.82) is 0 Å². The Balaban J connectivity index is 1.84. The van der Waals surface area contributed by atoms with E-state index in [4.69, 9.17) is 25.8 Å². The number of rotatable bonds is 6. The lowest BCUT2D eigenvalue weighted by atomic mass is 10.2. The lowest BCUT2D eigenvalue weighted by Gasteiger charge is -2.19. The maximum Gasteiger partial charge on any atom is 0.256 e. The summed E-state index contributed by atoms with van der Waals surface area (Å²) in [6.45, 7) is 0. The van der Waals surface area contributed by atoms with E-state index in [1.54, 1.807) is 36.4 Å². The van der Waals surface area contributed by atoms with Crippen molar-refractivity contribution in [2.75, 3.05) is 31.5 Å². The number of nitrogens with one attached hydrogen (secondary N) is 1. The Labute approximate surface area is 161 Å². The number of hydrogen-bond acceptors (Lipinski definition) is 6. The lowest BCUT2D eigenvalue weighted by molar-refractivity contribution is -0.121. The van der Waals surface area contributed by atoms with Crippen LogP contribution in [0.3, 0.4) is 0 Å². The van der Waals surface area contributed by atoms with Gasteiger partial charge in [0.25, 0.3) is 5.91 Å². The molecule has 0 radical (unpaired) electrons. The first-order chi connectivity index (χ1) is 13.0. The van der Waals surface area contributed by atoms with Crippen LogP contribution in [-0.2, 0) is 9.59 Å². The molecule has 8 heteroatoms. The molecule has 0 unspecified atom stereocenters. The van der Waals surface area contributed by atoms with Crippen molar-refractivity contribution in [3.05, 3.63) is 41.4 Å². The van der Waals surface area contributed by atoms with Crippen LogP contribution in [0.2, 0.25) is 5.02 Å². The van der Waals surface area contributed by atoms with Crippen molar-refractivity contribution in [3.8, 4) is 17.2 Å². The van der Waals surface area contributed by atoms with Crippen LogP contribution in [0.5, 0.6) is 17.2 Å². The highest BCUT2D eigenvalue weighted by Crippen LogP contribution is 2.36. The second kappa shape index (κ2) is 7.75. The van der Waals surface area contributed by atoms with E-state index in [0.717, 1.165) is 4.90 Å². The molecule has 1 atom stereocenters. The van der Waals surface area contributed by atoms with Gasteiger partial charge in [-0.05, 0) is 30.3 Å². The number of methoxy groups -OCH3 is 3. The highest BCUT2D eigenvalue weighted by atomic mass is 35.5. The summed E-state index contributed by atoms with van der Waals surface area (Å²) < 4.78 is 15.6. The fourth-order valence-electron chi connectivity index (χ4n) is 2.92. The number of amides is 2. The summed E-state index contributed by atoms with van der Waals surface area (Å²) in [4.78, 5) is 26.5. The predicted molar refractivity (Wildman–Crippen MR) is 102 cm³/mol. The summed E-state index contributed by atoms with van der Waals surface area (Å²) in [5, 5.41) is 3.47. The molecule has 2 aromatic rings. The van der Waals surface area contributed by atoms with Gasteiger partial charge in [-0.1, -0.05) is 11.6 Å². The van der Waals surface area contributed by atoms with Crippen LogP contribution in [0.15, 0.2) is 36.4 Å². The van der Waals surface area contributed by atoms with Gasteiger partial charge in [-0.15, -0.1) is 0 Å². The lowest BCUT2D eigenvalue weighted by Crippen LogP contribution is -2.35. The summed E-state index contributed by atoms with van der Waals surface area (Å²) in [6.07, 6.45) is 0.0255. The highest BCUT2D eigenvalue weighted by molar-refractivity contribution is 6.32. The van der Waals surface area contributed by atoms with Gasteiger partial charge in [0.1, 0.15) is 23.3 Å². The molecule has 1 heterocycles. The van der Waals surface area contributed by atoms with Gasteiger partial charge in [-0.2, -0.15) is 0 Å². The van der Waals surface area contributed by atoms with Crippen molar-refractivity contribution in [1.82, 2.24) is 0 Å². The van der Waals surface area contributed by atoms with Gasteiger partial charge >= 0.3 is 0 Å². The van der Waals surface area contributed by atoms with E-state index in [1.165, 1.54) is 21.3 Å². The first-order valence-corrected chi connectivity index (χ1v) is 8.55. The standard InChI is InChI=1S/C19H19ClN2O5/c1-25-12-5-6-15(17(9-12)27-3)22-18(23)10-14(19(22)24)21-11-4-7-16(26-2)13(20)8-11/h4-9,14,21H,10H2,1-3H3/t14-/m1/s1. The molecule has 0 aromatic heterocycles. The van der Waals surface area contributed by atoms with Crippen LogP contribution < -0.4 is 24.4 Å². The van der Waals surface area contributed by atoms with Gasteiger partial charge in [-0.3, -0.25) is 9.59 Å². The number of anilines is 2. The van der Waals surface area contributed by atoms with E-state index < -0.39 is 6.04 Å². The topological polar surface area (TPSA) is 77.1 Å². The second-order valence-electron chi connectivity index (χ2n) is 5.86. The van der Waals surface area contributed by atoms with E-state index in [9.17, 15) is 9.59 Å². The van der Waals surface area contributed by atoms with E-state index in [1.807, 2.05) is 0 Å². The van der Waals surface area contributed by atoms with Gasteiger partial charge in [-0.25, -0.2) is 4.90 Å². The molecule has 7 nitrogen and oxygen atoms in total. The Hall–Kier alpha value is -2.93. The molecule has 1 aliphatic rings. The van der Waals surface area contributed by atoms with Gasteiger partial charge in [0, 0.05) is 11.8 Å².